The van der Waals surface area contributed by atoms with E-state index in [1.165, 1.54) is 23.1 Å². The summed E-state index contributed by atoms with van der Waals surface area (Å²) in [5.74, 6) is 0.496. The van der Waals surface area contributed by atoms with Gasteiger partial charge in [-0.15, -0.1) is 10.2 Å². The molecular weight excluding hydrogens is 304 g/mol. The average Bonchev–Trinajstić information content (AvgIpc) is 3.12. The molecule has 0 aliphatic carbocycles. The van der Waals surface area contributed by atoms with E-state index in [9.17, 15) is 4.79 Å². The number of hydrogen-bond acceptors (Lipinski definition) is 6. The zero-order chi connectivity index (χ0) is 15.9. The Hall–Kier alpha value is -2.55. The van der Waals surface area contributed by atoms with Crippen LogP contribution in [0.15, 0.2) is 18.2 Å². The number of anilines is 1. The Kier molecular flexibility index (Phi) is 3.49. The minimum Gasteiger partial charge on any atom is -0.465 e. The van der Waals surface area contributed by atoms with Crippen LogP contribution in [0.1, 0.15) is 25.5 Å². The lowest BCUT2D eigenvalue weighted by atomic mass is 10.1. The van der Waals surface area contributed by atoms with Crippen molar-refractivity contribution in [1.29, 1.82) is 0 Å². The molecule has 3 aromatic heterocycles. The molecule has 0 aliphatic rings. The molecule has 0 aromatic carbocycles. The highest BCUT2D eigenvalue weighted by Crippen LogP contribution is 2.26. The third-order valence-corrected chi connectivity index (χ3v) is 4.03. The molecule has 22 heavy (non-hydrogen) atoms. The Morgan fingerprint density at radius 3 is 2.77 bits per heavy atom. The zero-order valence-electron chi connectivity index (χ0n) is 12.3. The highest BCUT2D eigenvalue weighted by molar-refractivity contribution is 7.09. The lowest BCUT2D eigenvalue weighted by Crippen LogP contribution is -2.26. The summed E-state index contributed by atoms with van der Waals surface area (Å²) in [6, 6.07) is 5.57. The number of hydrogen-bond donors (Lipinski definition) is 1. The number of rotatable bonds is 3. The maximum absolute atomic E-state index is 11.1. The van der Waals surface area contributed by atoms with E-state index < -0.39 is 6.09 Å². The molecule has 0 saturated carbocycles. The smallest absolute Gasteiger partial charge is 0.414 e. The summed E-state index contributed by atoms with van der Waals surface area (Å²) in [4.78, 5) is 13.0. The molecule has 3 heterocycles. The molecule has 0 atom stereocenters. The molecule has 1 amide bonds. The van der Waals surface area contributed by atoms with E-state index in [4.69, 9.17) is 5.11 Å². The second kappa shape index (κ2) is 5.34. The van der Waals surface area contributed by atoms with E-state index in [0.717, 1.165) is 15.5 Å². The largest absolute Gasteiger partial charge is 0.465 e. The van der Waals surface area contributed by atoms with Gasteiger partial charge in [-0.1, -0.05) is 13.8 Å². The maximum atomic E-state index is 11.1. The van der Waals surface area contributed by atoms with Crippen molar-refractivity contribution in [3.05, 3.63) is 23.9 Å². The first-order valence-corrected chi connectivity index (χ1v) is 7.41. The Morgan fingerprint density at radius 2 is 2.14 bits per heavy atom. The summed E-state index contributed by atoms with van der Waals surface area (Å²) in [6.45, 7) is 4.16. The first-order chi connectivity index (χ1) is 10.5. The van der Waals surface area contributed by atoms with E-state index in [1.54, 1.807) is 6.07 Å². The number of amides is 1. The minimum atomic E-state index is -1.12. The molecule has 3 aromatic rings. The quantitative estimate of drug-likeness (QED) is 0.797. The lowest BCUT2D eigenvalue weighted by Gasteiger charge is -2.09. The van der Waals surface area contributed by atoms with Crippen LogP contribution in [-0.4, -0.2) is 42.4 Å². The fraction of sp³-hybridized carbons (Fsp3) is 0.308. The van der Waals surface area contributed by atoms with Gasteiger partial charge in [-0.25, -0.2) is 9.69 Å². The number of aromatic nitrogens is 5. The predicted octanol–water partition coefficient (Wildman–Crippen LogP) is 2.49. The summed E-state index contributed by atoms with van der Waals surface area (Å²) in [7, 11) is 1.40. The van der Waals surface area contributed by atoms with Gasteiger partial charge in [0.1, 0.15) is 5.69 Å². The van der Waals surface area contributed by atoms with Crippen LogP contribution in [0.4, 0.5) is 10.7 Å². The average molecular weight is 318 g/mol. The van der Waals surface area contributed by atoms with E-state index in [-0.39, 0.29) is 5.95 Å². The molecule has 0 aliphatic heterocycles. The molecule has 8 nitrogen and oxygen atoms in total. The van der Waals surface area contributed by atoms with Crippen molar-refractivity contribution in [2.45, 2.75) is 19.8 Å². The highest BCUT2D eigenvalue weighted by atomic mass is 32.1. The summed E-state index contributed by atoms with van der Waals surface area (Å²) in [5, 5.41) is 21.3. The highest BCUT2D eigenvalue weighted by Gasteiger charge is 2.18. The second-order valence-electron chi connectivity index (χ2n) is 5.10. The molecule has 0 spiro atoms. The maximum Gasteiger partial charge on any atom is 0.414 e. The van der Waals surface area contributed by atoms with Gasteiger partial charge in [-0.05, 0) is 35.6 Å². The van der Waals surface area contributed by atoms with Crippen molar-refractivity contribution < 1.29 is 9.90 Å². The van der Waals surface area contributed by atoms with Crippen molar-refractivity contribution in [3.8, 4) is 10.6 Å². The van der Waals surface area contributed by atoms with Gasteiger partial charge in [0.05, 0.1) is 10.6 Å². The summed E-state index contributed by atoms with van der Waals surface area (Å²) >= 11 is 1.37. The van der Waals surface area contributed by atoms with Crippen LogP contribution in [0.2, 0.25) is 0 Å². The van der Waals surface area contributed by atoms with E-state index >= 15 is 0 Å². The first-order valence-electron chi connectivity index (χ1n) is 6.63. The van der Waals surface area contributed by atoms with Crippen molar-refractivity contribution in [2.75, 3.05) is 11.9 Å². The molecule has 0 fully saturated rings. The predicted molar refractivity (Wildman–Crippen MR) is 82.4 cm³/mol. The minimum absolute atomic E-state index is 0.151. The van der Waals surface area contributed by atoms with Crippen LogP contribution in [0.25, 0.3) is 16.2 Å². The van der Waals surface area contributed by atoms with Gasteiger partial charge in [-0.2, -0.15) is 14.0 Å². The zero-order valence-corrected chi connectivity index (χ0v) is 13.1. The van der Waals surface area contributed by atoms with Crippen LogP contribution in [-0.2, 0) is 0 Å². The van der Waals surface area contributed by atoms with Gasteiger partial charge >= 0.3 is 6.09 Å². The molecular formula is C13H14N6O2S. The molecule has 9 heteroatoms. The van der Waals surface area contributed by atoms with Gasteiger partial charge in [0, 0.05) is 7.05 Å². The lowest BCUT2D eigenvalue weighted by molar-refractivity contribution is 0.203. The fourth-order valence-electron chi connectivity index (χ4n) is 1.89. The van der Waals surface area contributed by atoms with E-state index in [0.29, 0.717) is 17.3 Å². The summed E-state index contributed by atoms with van der Waals surface area (Å²) < 4.78 is 5.82. The molecule has 0 unspecified atom stereocenters. The van der Waals surface area contributed by atoms with Crippen LogP contribution in [0.5, 0.6) is 0 Å². The molecule has 0 saturated heterocycles. The Bertz CT molecular complexity index is 840. The van der Waals surface area contributed by atoms with Crippen molar-refractivity contribution >= 4 is 29.2 Å². The van der Waals surface area contributed by atoms with E-state index in [2.05, 4.69) is 33.5 Å². The number of fused-ring (bicyclic) bond motifs is 1. The number of carboxylic acid groups (broad SMARTS) is 1. The second-order valence-corrected chi connectivity index (χ2v) is 5.91. The summed E-state index contributed by atoms with van der Waals surface area (Å²) in [6.07, 6.45) is -1.12. The molecule has 0 radical (unpaired) electrons. The van der Waals surface area contributed by atoms with Crippen LogP contribution in [0, 0.1) is 0 Å². The molecule has 1 N–H and O–H groups in total. The number of carbonyl (C=O) groups is 1. The van der Waals surface area contributed by atoms with Crippen LogP contribution < -0.4 is 4.90 Å². The van der Waals surface area contributed by atoms with E-state index in [1.807, 2.05) is 12.1 Å². The Balaban J connectivity index is 2.08. The van der Waals surface area contributed by atoms with Gasteiger partial charge in [0.2, 0.25) is 0 Å². The van der Waals surface area contributed by atoms with Crippen molar-refractivity contribution in [2.24, 2.45) is 0 Å². The molecule has 0 bridgehead atoms. The molecule has 3 rings (SSSR count). The summed E-state index contributed by atoms with van der Waals surface area (Å²) in [5.41, 5.74) is 2.20. The number of nitrogens with zero attached hydrogens (tertiary/aromatic N) is 6. The van der Waals surface area contributed by atoms with Gasteiger partial charge in [-0.3, -0.25) is 0 Å². The first kappa shape index (κ1) is 14.4. The third kappa shape index (κ3) is 2.39. The topological polar surface area (TPSA) is 96.5 Å². The standard InChI is InChI=1S/C13H14N6O2S/c1-7(2)9-6-10(22-17-9)8-4-5-11-14-15-12(19(11)16-8)18(3)13(20)21/h4-7H,1-3H3,(H,20,21). The fourth-order valence-corrected chi connectivity index (χ4v) is 2.73. The van der Waals surface area contributed by atoms with Crippen LogP contribution >= 0.6 is 11.5 Å². The van der Waals surface area contributed by atoms with Crippen LogP contribution in [0.3, 0.4) is 0 Å². The van der Waals surface area contributed by atoms with Gasteiger partial charge in [0.15, 0.2) is 5.65 Å². The Morgan fingerprint density at radius 1 is 1.36 bits per heavy atom. The SMILES string of the molecule is CC(C)c1cc(-c2ccc3nnc(N(C)C(=O)O)n3n2)sn1. The third-order valence-electron chi connectivity index (χ3n) is 3.21. The monoisotopic (exact) mass is 318 g/mol. The Labute approximate surface area is 130 Å². The normalized spacial score (nSPS) is 11.3. The van der Waals surface area contributed by atoms with Gasteiger partial charge in [0.25, 0.3) is 5.95 Å². The van der Waals surface area contributed by atoms with Gasteiger partial charge < -0.3 is 5.11 Å². The van der Waals surface area contributed by atoms with Crippen molar-refractivity contribution in [1.82, 2.24) is 24.2 Å². The molecule has 114 valence electrons. The van der Waals surface area contributed by atoms with Crippen molar-refractivity contribution in [3.63, 3.8) is 0 Å².